The Morgan fingerprint density at radius 3 is 1.91 bits per heavy atom. The monoisotopic (exact) mass is 455 g/mol. The fourth-order valence-corrected chi connectivity index (χ4v) is 3.34. The largest absolute Gasteiger partial charge is 0.494 e. The molecule has 0 spiro atoms. The second-order valence-electron chi connectivity index (χ2n) is 6.96. The lowest BCUT2D eigenvalue weighted by atomic mass is 10.2. The van der Waals surface area contributed by atoms with Gasteiger partial charge in [-0.15, -0.1) is 0 Å². The van der Waals surface area contributed by atoms with Crippen LogP contribution in [0.2, 0.25) is 0 Å². The van der Waals surface area contributed by atoms with Crippen LogP contribution in [0.5, 0.6) is 17.2 Å². The van der Waals surface area contributed by atoms with E-state index >= 15 is 0 Å². The van der Waals surface area contributed by atoms with E-state index in [1.54, 1.807) is 19.1 Å². The molecule has 9 heteroatoms. The molecule has 0 aliphatic heterocycles. The number of nitrogens with two attached hydrogens (primary N) is 1. The summed E-state index contributed by atoms with van der Waals surface area (Å²) in [6.45, 7) is 4.26. The highest BCUT2D eigenvalue weighted by atomic mass is 32.2. The normalized spacial score (nSPS) is 12.0. The first kappa shape index (κ1) is 23.1. The van der Waals surface area contributed by atoms with Crippen LogP contribution >= 0.6 is 0 Å². The molecule has 0 bridgehead atoms. The fourth-order valence-electron chi connectivity index (χ4n) is 2.82. The summed E-state index contributed by atoms with van der Waals surface area (Å²) in [5.41, 5.74) is 1.21. The molecule has 0 saturated heterocycles. The van der Waals surface area contributed by atoms with E-state index in [0.29, 0.717) is 23.8 Å². The summed E-state index contributed by atoms with van der Waals surface area (Å²) >= 11 is 0. The number of sulfonamides is 1. The molecule has 1 amide bonds. The Labute approximate surface area is 187 Å². The van der Waals surface area contributed by atoms with Gasteiger partial charge >= 0.3 is 0 Å². The maximum absolute atomic E-state index is 12.4. The van der Waals surface area contributed by atoms with E-state index in [-0.39, 0.29) is 10.8 Å². The summed E-state index contributed by atoms with van der Waals surface area (Å²) < 4.78 is 33.8. The van der Waals surface area contributed by atoms with E-state index in [1.807, 2.05) is 43.3 Å². The highest BCUT2D eigenvalue weighted by molar-refractivity contribution is 7.89. The molecule has 0 saturated carbocycles. The molecule has 0 aromatic heterocycles. The van der Waals surface area contributed by atoms with Crippen molar-refractivity contribution in [3.05, 3.63) is 72.8 Å². The first-order valence-corrected chi connectivity index (χ1v) is 11.5. The molecule has 3 rings (SSSR count). The molecule has 0 aliphatic carbocycles. The number of anilines is 2. The second kappa shape index (κ2) is 10.2. The van der Waals surface area contributed by atoms with Crippen LogP contribution in [0.3, 0.4) is 0 Å². The predicted molar refractivity (Wildman–Crippen MR) is 124 cm³/mol. The van der Waals surface area contributed by atoms with E-state index in [2.05, 4.69) is 10.6 Å². The van der Waals surface area contributed by atoms with Crippen LogP contribution in [0.1, 0.15) is 13.8 Å². The van der Waals surface area contributed by atoms with Crippen LogP contribution in [0.15, 0.2) is 77.7 Å². The second-order valence-corrected chi connectivity index (χ2v) is 8.52. The molecule has 168 valence electrons. The highest BCUT2D eigenvalue weighted by Crippen LogP contribution is 2.25. The predicted octanol–water partition coefficient (Wildman–Crippen LogP) is 3.96. The third-order valence-electron chi connectivity index (χ3n) is 4.45. The molecule has 32 heavy (non-hydrogen) atoms. The number of primary sulfonamides is 1. The van der Waals surface area contributed by atoms with Gasteiger partial charge in [0.25, 0.3) is 0 Å². The van der Waals surface area contributed by atoms with Gasteiger partial charge in [0, 0.05) is 11.4 Å². The van der Waals surface area contributed by atoms with Crippen molar-refractivity contribution in [2.24, 2.45) is 5.14 Å². The van der Waals surface area contributed by atoms with Gasteiger partial charge in [-0.05, 0) is 86.6 Å². The maximum Gasteiger partial charge on any atom is 0.246 e. The number of carbonyl (C=O) groups is 1. The highest BCUT2D eigenvalue weighted by Gasteiger charge is 2.14. The lowest BCUT2D eigenvalue weighted by molar-refractivity contribution is -0.116. The summed E-state index contributed by atoms with van der Waals surface area (Å²) in [5.74, 6) is 1.86. The summed E-state index contributed by atoms with van der Waals surface area (Å²) in [4.78, 5) is 12.4. The van der Waals surface area contributed by atoms with Gasteiger partial charge in [-0.3, -0.25) is 4.79 Å². The van der Waals surface area contributed by atoms with E-state index < -0.39 is 16.1 Å². The standard InChI is InChI=1S/C23H25N3O5S/c1-3-30-19-10-12-21(13-11-19)31-20-8-4-17(5-9-20)25-16(2)23(27)26-18-6-14-22(15-7-18)32(24,28)29/h4-16,25H,3H2,1-2H3,(H,26,27)(H2,24,28,29)/t16-/m0/s1. The Kier molecular flexibility index (Phi) is 7.34. The molecular weight excluding hydrogens is 430 g/mol. The number of rotatable bonds is 9. The quantitative estimate of drug-likeness (QED) is 0.449. The molecule has 8 nitrogen and oxygen atoms in total. The van der Waals surface area contributed by atoms with Crippen molar-refractivity contribution in [1.82, 2.24) is 0 Å². The van der Waals surface area contributed by atoms with Gasteiger partial charge < -0.3 is 20.1 Å². The molecule has 3 aromatic rings. The fraction of sp³-hybridized carbons (Fsp3) is 0.174. The zero-order chi connectivity index (χ0) is 23.1. The summed E-state index contributed by atoms with van der Waals surface area (Å²) in [6, 6.07) is 19.7. The van der Waals surface area contributed by atoms with Gasteiger partial charge in [-0.1, -0.05) is 0 Å². The van der Waals surface area contributed by atoms with Crippen LogP contribution in [-0.4, -0.2) is 27.0 Å². The molecular formula is C23H25N3O5S. The summed E-state index contributed by atoms with van der Waals surface area (Å²) in [7, 11) is -3.77. The van der Waals surface area contributed by atoms with Crippen molar-refractivity contribution in [1.29, 1.82) is 0 Å². The van der Waals surface area contributed by atoms with Gasteiger partial charge in [-0.25, -0.2) is 13.6 Å². The SMILES string of the molecule is CCOc1ccc(Oc2ccc(N[C@@H](C)C(=O)Nc3ccc(S(N)(=O)=O)cc3)cc2)cc1. The average molecular weight is 456 g/mol. The minimum atomic E-state index is -3.77. The van der Waals surface area contributed by atoms with Crippen LogP contribution in [0, 0.1) is 0 Å². The van der Waals surface area contributed by atoms with Crippen molar-refractivity contribution in [3.8, 4) is 17.2 Å². The van der Waals surface area contributed by atoms with Crippen molar-refractivity contribution >= 4 is 27.3 Å². The lowest BCUT2D eigenvalue weighted by Gasteiger charge is -2.16. The van der Waals surface area contributed by atoms with E-state index in [1.165, 1.54) is 24.3 Å². The van der Waals surface area contributed by atoms with E-state index in [9.17, 15) is 13.2 Å². The number of benzene rings is 3. The average Bonchev–Trinajstić information content (AvgIpc) is 2.76. The van der Waals surface area contributed by atoms with E-state index in [0.717, 1.165) is 11.4 Å². The van der Waals surface area contributed by atoms with Gasteiger partial charge in [0.05, 0.1) is 11.5 Å². The third-order valence-corrected chi connectivity index (χ3v) is 5.38. The van der Waals surface area contributed by atoms with Crippen molar-refractivity contribution < 1.29 is 22.7 Å². The third kappa shape index (κ3) is 6.47. The molecule has 1 atom stereocenters. The van der Waals surface area contributed by atoms with E-state index in [4.69, 9.17) is 14.6 Å². The first-order chi connectivity index (χ1) is 15.2. The zero-order valence-corrected chi connectivity index (χ0v) is 18.6. The number of hydrogen-bond acceptors (Lipinski definition) is 6. The Morgan fingerprint density at radius 1 is 0.875 bits per heavy atom. The molecule has 0 heterocycles. The van der Waals surface area contributed by atoms with Crippen LogP contribution in [0.25, 0.3) is 0 Å². The molecule has 0 aliphatic rings. The number of carbonyl (C=O) groups excluding carboxylic acids is 1. The maximum atomic E-state index is 12.4. The topological polar surface area (TPSA) is 120 Å². The first-order valence-electron chi connectivity index (χ1n) is 9.95. The molecule has 0 unspecified atom stereocenters. The minimum Gasteiger partial charge on any atom is -0.494 e. The van der Waals surface area contributed by atoms with Crippen LogP contribution in [-0.2, 0) is 14.8 Å². The molecule has 4 N–H and O–H groups in total. The number of nitrogens with one attached hydrogen (secondary N) is 2. The zero-order valence-electron chi connectivity index (χ0n) is 17.7. The van der Waals surface area contributed by atoms with Gasteiger partial charge in [0.1, 0.15) is 23.3 Å². The Balaban J connectivity index is 1.54. The van der Waals surface area contributed by atoms with Crippen LogP contribution < -0.4 is 25.2 Å². The molecule has 3 aromatic carbocycles. The Hall–Kier alpha value is -3.56. The molecule has 0 fully saturated rings. The summed E-state index contributed by atoms with van der Waals surface area (Å²) in [5, 5.41) is 10.9. The van der Waals surface area contributed by atoms with Gasteiger partial charge in [0.15, 0.2) is 0 Å². The Morgan fingerprint density at radius 2 is 1.38 bits per heavy atom. The van der Waals surface area contributed by atoms with Crippen molar-refractivity contribution in [2.75, 3.05) is 17.2 Å². The van der Waals surface area contributed by atoms with Gasteiger partial charge in [-0.2, -0.15) is 0 Å². The summed E-state index contributed by atoms with van der Waals surface area (Å²) in [6.07, 6.45) is 0. The minimum absolute atomic E-state index is 0.0192. The smallest absolute Gasteiger partial charge is 0.246 e. The van der Waals surface area contributed by atoms with Gasteiger partial charge in [0.2, 0.25) is 15.9 Å². The number of hydrogen-bond donors (Lipinski definition) is 3. The van der Waals surface area contributed by atoms with Crippen molar-refractivity contribution in [2.45, 2.75) is 24.8 Å². The van der Waals surface area contributed by atoms with Crippen molar-refractivity contribution in [3.63, 3.8) is 0 Å². The molecule has 0 radical (unpaired) electrons. The number of amides is 1. The lowest BCUT2D eigenvalue weighted by Crippen LogP contribution is -2.31. The number of ether oxygens (including phenoxy) is 2. The van der Waals surface area contributed by atoms with Crippen LogP contribution in [0.4, 0.5) is 11.4 Å². The Bertz CT molecular complexity index is 1150.